The second-order valence-corrected chi connectivity index (χ2v) is 8.06. The first-order valence-corrected chi connectivity index (χ1v) is 10.2. The Morgan fingerprint density at radius 3 is 2.74 bits per heavy atom. The van der Waals surface area contributed by atoms with Gasteiger partial charge in [0.2, 0.25) is 11.1 Å². The molecule has 1 aliphatic heterocycles. The lowest BCUT2D eigenvalue weighted by atomic mass is 10.00. The van der Waals surface area contributed by atoms with E-state index in [0.29, 0.717) is 17.0 Å². The highest BCUT2D eigenvalue weighted by atomic mass is 32.2. The molecule has 2 heterocycles. The summed E-state index contributed by atoms with van der Waals surface area (Å²) in [6, 6.07) is 7.82. The van der Waals surface area contributed by atoms with Crippen LogP contribution in [0.2, 0.25) is 0 Å². The number of ether oxygens (including phenoxy) is 1. The van der Waals surface area contributed by atoms with Crippen LogP contribution in [0.1, 0.15) is 39.5 Å². The number of rotatable bonds is 6. The van der Waals surface area contributed by atoms with Crippen LogP contribution in [0, 0.1) is 0 Å². The van der Waals surface area contributed by atoms with E-state index in [9.17, 15) is 4.79 Å². The van der Waals surface area contributed by atoms with Crippen LogP contribution >= 0.6 is 11.8 Å². The molecule has 7 nitrogen and oxygen atoms in total. The minimum absolute atomic E-state index is 0.153. The van der Waals surface area contributed by atoms with Gasteiger partial charge in [-0.2, -0.15) is 0 Å². The summed E-state index contributed by atoms with van der Waals surface area (Å²) >= 11 is 1.36. The van der Waals surface area contributed by atoms with Crippen LogP contribution in [0.3, 0.4) is 0 Å². The number of aromatic nitrogens is 3. The highest BCUT2D eigenvalue weighted by Crippen LogP contribution is 2.28. The van der Waals surface area contributed by atoms with Crippen molar-refractivity contribution >= 4 is 17.7 Å². The zero-order chi connectivity index (χ0) is 19.4. The highest BCUT2D eigenvalue weighted by Gasteiger charge is 2.30. The van der Waals surface area contributed by atoms with Crippen LogP contribution in [0.4, 0.5) is 0 Å². The molecule has 8 heteroatoms. The Balaban J connectivity index is 1.71. The number of thioether (sulfide) groups is 1. The largest absolute Gasteiger partial charge is 0.497 e. The van der Waals surface area contributed by atoms with E-state index in [-0.39, 0.29) is 11.2 Å². The average Bonchev–Trinajstić information content (AvgIpc) is 3.07. The van der Waals surface area contributed by atoms with Crippen molar-refractivity contribution in [3.05, 3.63) is 24.3 Å². The molecule has 2 N–H and O–H groups in total. The molecule has 2 aromatic rings. The zero-order valence-electron chi connectivity index (χ0n) is 16.1. The molecule has 2 atom stereocenters. The number of nitrogens with two attached hydrogens (primary N) is 1. The maximum Gasteiger partial charge on any atom is 0.236 e. The lowest BCUT2D eigenvalue weighted by Crippen LogP contribution is -2.46. The summed E-state index contributed by atoms with van der Waals surface area (Å²) in [6.07, 6.45) is 4.37. The summed E-state index contributed by atoms with van der Waals surface area (Å²) in [4.78, 5) is 15.0. The average molecular weight is 390 g/mol. The van der Waals surface area contributed by atoms with Gasteiger partial charge >= 0.3 is 0 Å². The predicted molar refractivity (Wildman–Crippen MR) is 107 cm³/mol. The van der Waals surface area contributed by atoms with Crippen molar-refractivity contribution in [3.8, 4) is 17.1 Å². The Morgan fingerprint density at radius 1 is 1.33 bits per heavy atom. The number of carbonyl (C=O) groups excluding carboxylic acids is 1. The first-order chi connectivity index (χ1) is 13.0. The van der Waals surface area contributed by atoms with Gasteiger partial charge in [0, 0.05) is 18.2 Å². The SMILES string of the molecule is CCC1CCCCN1C(=O)C(C)Sc1nnc(-c2ccc(OC)cc2)n1N. The lowest BCUT2D eigenvalue weighted by Gasteiger charge is -2.36. The molecule has 1 aliphatic rings. The minimum atomic E-state index is -0.257. The third-order valence-corrected chi connectivity index (χ3v) is 6.07. The fraction of sp³-hybridized carbons (Fsp3) is 0.526. The fourth-order valence-corrected chi connectivity index (χ4v) is 4.29. The Bertz CT molecular complexity index is 777. The van der Waals surface area contributed by atoms with Crippen molar-refractivity contribution in [2.75, 3.05) is 19.5 Å². The molecule has 1 aromatic carbocycles. The molecule has 27 heavy (non-hydrogen) atoms. The standard InChI is InChI=1S/C19H27N5O2S/c1-4-15-7-5-6-12-23(15)18(25)13(2)27-19-22-21-17(24(19)20)14-8-10-16(26-3)11-9-14/h8-11,13,15H,4-7,12,20H2,1-3H3. The second kappa shape index (κ2) is 8.65. The van der Waals surface area contributed by atoms with E-state index in [4.69, 9.17) is 10.6 Å². The molecule has 0 spiro atoms. The van der Waals surface area contributed by atoms with E-state index in [2.05, 4.69) is 17.1 Å². The van der Waals surface area contributed by atoms with E-state index in [1.807, 2.05) is 36.1 Å². The fourth-order valence-electron chi connectivity index (χ4n) is 3.45. The van der Waals surface area contributed by atoms with Gasteiger partial charge in [0.15, 0.2) is 5.82 Å². The quantitative estimate of drug-likeness (QED) is 0.604. The maximum atomic E-state index is 12.9. The molecule has 1 aromatic heterocycles. The summed E-state index contributed by atoms with van der Waals surface area (Å²) in [5, 5.41) is 8.67. The van der Waals surface area contributed by atoms with E-state index < -0.39 is 0 Å². The van der Waals surface area contributed by atoms with Crippen molar-refractivity contribution in [2.45, 2.75) is 56.0 Å². The van der Waals surface area contributed by atoms with Crippen LogP contribution in [-0.4, -0.2) is 50.6 Å². The van der Waals surface area contributed by atoms with Gasteiger partial charge in [0.05, 0.1) is 12.4 Å². The van der Waals surface area contributed by atoms with E-state index in [1.165, 1.54) is 22.9 Å². The van der Waals surface area contributed by atoms with Crippen LogP contribution in [-0.2, 0) is 4.79 Å². The number of hydrogen-bond acceptors (Lipinski definition) is 6. The number of benzene rings is 1. The normalized spacial score (nSPS) is 18.3. The number of nitrogen functional groups attached to an aromatic ring is 1. The molecule has 1 amide bonds. The van der Waals surface area contributed by atoms with Crippen LogP contribution < -0.4 is 10.6 Å². The topological polar surface area (TPSA) is 86.3 Å². The minimum Gasteiger partial charge on any atom is -0.497 e. The van der Waals surface area contributed by atoms with Gasteiger partial charge in [-0.15, -0.1) is 10.2 Å². The zero-order valence-corrected chi connectivity index (χ0v) is 16.9. The molecule has 0 aliphatic carbocycles. The maximum absolute atomic E-state index is 12.9. The molecular formula is C19H27N5O2S. The summed E-state index contributed by atoms with van der Waals surface area (Å²) in [5.74, 6) is 7.68. The Labute approximate surface area is 164 Å². The van der Waals surface area contributed by atoms with Gasteiger partial charge in [-0.1, -0.05) is 18.7 Å². The summed E-state index contributed by atoms with van der Waals surface area (Å²) < 4.78 is 6.62. The molecule has 1 saturated heterocycles. The number of methoxy groups -OCH3 is 1. The van der Waals surface area contributed by atoms with E-state index in [1.54, 1.807) is 7.11 Å². The third kappa shape index (κ3) is 4.21. The third-order valence-electron chi connectivity index (χ3n) is 5.02. The summed E-state index contributed by atoms with van der Waals surface area (Å²) in [7, 11) is 1.62. The number of hydrogen-bond donors (Lipinski definition) is 1. The van der Waals surface area contributed by atoms with Crippen molar-refractivity contribution < 1.29 is 9.53 Å². The second-order valence-electron chi connectivity index (χ2n) is 6.75. The number of amides is 1. The van der Waals surface area contributed by atoms with Gasteiger partial charge in [0.25, 0.3) is 0 Å². The molecule has 0 radical (unpaired) electrons. The van der Waals surface area contributed by atoms with Gasteiger partial charge < -0.3 is 15.5 Å². The molecule has 3 rings (SSSR count). The smallest absolute Gasteiger partial charge is 0.236 e. The number of carbonyl (C=O) groups is 1. The van der Waals surface area contributed by atoms with Gasteiger partial charge in [-0.05, 0) is 56.9 Å². The Morgan fingerprint density at radius 2 is 2.07 bits per heavy atom. The van der Waals surface area contributed by atoms with Crippen LogP contribution in [0.25, 0.3) is 11.4 Å². The molecule has 0 bridgehead atoms. The first kappa shape index (κ1) is 19.5. The number of likely N-dealkylation sites (tertiary alicyclic amines) is 1. The van der Waals surface area contributed by atoms with Crippen molar-refractivity contribution in [1.82, 2.24) is 19.8 Å². The van der Waals surface area contributed by atoms with Crippen molar-refractivity contribution in [3.63, 3.8) is 0 Å². The molecule has 146 valence electrons. The van der Waals surface area contributed by atoms with Crippen molar-refractivity contribution in [2.24, 2.45) is 0 Å². The summed E-state index contributed by atoms with van der Waals surface area (Å²) in [5.41, 5.74) is 0.846. The van der Waals surface area contributed by atoms with Gasteiger partial charge in [-0.3, -0.25) is 4.79 Å². The Kier molecular flexibility index (Phi) is 6.26. The number of nitrogens with zero attached hydrogens (tertiary/aromatic N) is 4. The lowest BCUT2D eigenvalue weighted by molar-refractivity contribution is -0.134. The molecule has 2 unspecified atom stereocenters. The van der Waals surface area contributed by atoms with Gasteiger partial charge in [-0.25, -0.2) is 4.68 Å². The van der Waals surface area contributed by atoms with Crippen LogP contribution in [0.15, 0.2) is 29.4 Å². The molecule has 1 fully saturated rings. The Hall–Kier alpha value is -2.22. The highest BCUT2D eigenvalue weighted by molar-refractivity contribution is 8.00. The van der Waals surface area contributed by atoms with E-state index >= 15 is 0 Å². The molecule has 0 saturated carbocycles. The van der Waals surface area contributed by atoms with Gasteiger partial charge in [0.1, 0.15) is 5.75 Å². The first-order valence-electron chi connectivity index (χ1n) is 9.37. The predicted octanol–water partition coefficient (Wildman–Crippen LogP) is 2.94. The summed E-state index contributed by atoms with van der Waals surface area (Å²) in [6.45, 7) is 4.90. The monoisotopic (exact) mass is 389 g/mol. The van der Waals surface area contributed by atoms with Crippen LogP contribution in [0.5, 0.6) is 5.75 Å². The molecular weight excluding hydrogens is 362 g/mol. The van der Waals surface area contributed by atoms with Crippen molar-refractivity contribution in [1.29, 1.82) is 0 Å². The number of piperidine rings is 1. The van der Waals surface area contributed by atoms with E-state index in [0.717, 1.165) is 37.1 Å².